The van der Waals surface area contributed by atoms with Crippen LogP contribution in [0.5, 0.6) is 0 Å². The van der Waals surface area contributed by atoms with Gasteiger partial charge >= 0.3 is 0 Å². The number of nitrogens with zero attached hydrogens (tertiary/aromatic N) is 2. The topological polar surface area (TPSA) is 71.0 Å². The Morgan fingerprint density at radius 1 is 1.24 bits per heavy atom. The number of hydrogen-bond acceptors (Lipinski definition) is 5. The summed E-state index contributed by atoms with van der Waals surface area (Å²) in [5.41, 5.74) is 0. The molecule has 2 saturated carbocycles. The Labute approximate surface area is 177 Å². The Bertz CT molecular complexity index is 699. The van der Waals surface area contributed by atoms with Gasteiger partial charge in [0.05, 0.1) is 10.8 Å². The fourth-order valence-corrected chi connectivity index (χ4v) is 7.33. The summed E-state index contributed by atoms with van der Waals surface area (Å²) in [6.45, 7) is 4.36. The van der Waals surface area contributed by atoms with E-state index in [1.807, 2.05) is 4.90 Å². The lowest BCUT2D eigenvalue weighted by molar-refractivity contribution is -0.142. The van der Waals surface area contributed by atoms with Gasteiger partial charge in [0.15, 0.2) is 5.17 Å². The first-order valence-corrected chi connectivity index (χ1v) is 12.3. The molecule has 5 fully saturated rings. The van der Waals surface area contributed by atoms with E-state index in [2.05, 4.69) is 12.2 Å². The van der Waals surface area contributed by atoms with Crippen LogP contribution < -0.4 is 5.32 Å². The monoisotopic (exact) mass is 419 g/mol. The van der Waals surface area contributed by atoms with Crippen molar-refractivity contribution < 1.29 is 14.3 Å². The van der Waals surface area contributed by atoms with Crippen LogP contribution in [-0.4, -0.2) is 58.5 Å². The normalized spacial score (nSPS) is 41.5. The largest absolute Gasteiger partial charge is 0.368 e. The predicted octanol–water partition coefficient (Wildman–Crippen LogP) is 2.96. The van der Waals surface area contributed by atoms with Gasteiger partial charge in [-0.05, 0) is 76.0 Å². The summed E-state index contributed by atoms with van der Waals surface area (Å²) in [6.07, 6.45) is 9.66. The first kappa shape index (κ1) is 19.9. The molecule has 0 aromatic rings. The van der Waals surface area contributed by atoms with Crippen molar-refractivity contribution in [3.63, 3.8) is 0 Å². The molecule has 5 rings (SSSR count). The Hall–Kier alpha value is -1.08. The number of likely N-dealkylation sites (tertiary alicyclic amines) is 1. The molecule has 2 bridgehead atoms. The number of hydrogen-bond donors (Lipinski definition) is 1. The number of piperidine rings is 1. The lowest BCUT2D eigenvalue weighted by Gasteiger charge is -2.35. The van der Waals surface area contributed by atoms with Crippen molar-refractivity contribution >= 4 is 28.7 Å². The molecule has 7 heteroatoms. The van der Waals surface area contributed by atoms with Crippen LogP contribution in [0.3, 0.4) is 0 Å². The van der Waals surface area contributed by atoms with E-state index < -0.39 is 4.75 Å². The van der Waals surface area contributed by atoms with Crippen molar-refractivity contribution in [2.75, 3.05) is 19.7 Å². The van der Waals surface area contributed by atoms with E-state index in [0.29, 0.717) is 18.6 Å². The third-order valence-corrected chi connectivity index (χ3v) is 9.02. The van der Waals surface area contributed by atoms with Crippen molar-refractivity contribution in [2.45, 2.75) is 81.6 Å². The highest BCUT2D eigenvalue weighted by atomic mass is 32.2. The molecule has 0 spiro atoms. The molecular weight excluding hydrogens is 386 g/mol. The summed E-state index contributed by atoms with van der Waals surface area (Å²) in [6, 6.07) is 0.422. The molecule has 5 aliphatic rings. The molecule has 0 aromatic heterocycles. The molecule has 0 aromatic carbocycles. The van der Waals surface area contributed by atoms with Crippen LogP contribution in [0.15, 0.2) is 4.99 Å². The van der Waals surface area contributed by atoms with Crippen LogP contribution in [0.1, 0.15) is 64.7 Å². The van der Waals surface area contributed by atoms with Gasteiger partial charge in [0.25, 0.3) is 5.91 Å². The van der Waals surface area contributed by atoms with Gasteiger partial charge in [-0.15, -0.1) is 0 Å². The van der Waals surface area contributed by atoms with E-state index >= 15 is 0 Å². The third kappa shape index (κ3) is 3.97. The van der Waals surface area contributed by atoms with E-state index in [4.69, 9.17) is 9.73 Å². The first-order chi connectivity index (χ1) is 14.0. The minimum absolute atomic E-state index is 0.113. The van der Waals surface area contributed by atoms with Crippen molar-refractivity contribution in [2.24, 2.45) is 22.7 Å². The fraction of sp³-hybridized carbons (Fsp3) is 0.864. The summed E-state index contributed by atoms with van der Waals surface area (Å²) < 4.78 is 5.13. The van der Waals surface area contributed by atoms with Gasteiger partial charge in [-0.25, -0.2) is 0 Å². The second kappa shape index (κ2) is 7.88. The molecule has 3 heterocycles. The van der Waals surface area contributed by atoms with Gasteiger partial charge < -0.3 is 15.0 Å². The summed E-state index contributed by atoms with van der Waals surface area (Å²) in [4.78, 5) is 32.2. The van der Waals surface area contributed by atoms with Gasteiger partial charge in [-0.3, -0.25) is 14.6 Å². The van der Waals surface area contributed by atoms with Gasteiger partial charge in [-0.2, -0.15) is 0 Å². The fourth-order valence-electron chi connectivity index (χ4n) is 6.11. The SMILES string of the molecule is CC1(CC2CCN(C(=O)[C@H]3CCCO3)CC2)SC(=N[C@H]2C[C@H]3CC[C@H]2C3)NC1=O. The Morgan fingerprint density at radius 3 is 2.72 bits per heavy atom. The number of amides is 2. The average molecular weight is 420 g/mol. The molecular formula is C22H33N3O3S. The minimum atomic E-state index is -0.429. The number of carbonyl (C=O) groups is 2. The Morgan fingerprint density at radius 2 is 2.07 bits per heavy atom. The number of amidine groups is 1. The maximum Gasteiger partial charge on any atom is 0.251 e. The van der Waals surface area contributed by atoms with Crippen LogP contribution in [-0.2, 0) is 14.3 Å². The second-order valence-corrected chi connectivity index (χ2v) is 11.4. The molecule has 3 aliphatic heterocycles. The number of thioether (sulfide) groups is 1. The van der Waals surface area contributed by atoms with Crippen LogP contribution in [0.25, 0.3) is 0 Å². The zero-order valence-electron chi connectivity index (χ0n) is 17.4. The van der Waals surface area contributed by atoms with Crippen LogP contribution in [0.2, 0.25) is 0 Å². The highest BCUT2D eigenvalue weighted by Crippen LogP contribution is 2.47. The summed E-state index contributed by atoms with van der Waals surface area (Å²) >= 11 is 1.65. The Balaban J connectivity index is 1.14. The molecule has 2 aliphatic carbocycles. The smallest absolute Gasteiger partial charge is 0.251 e. The van der Waals surface area contributed by atoms with Crippen molar-refractivity contribution in [3.05, 3.63) is 0 Å². The van der Waals surface area contributed by atoms with Crippen molar-refractivity contribution in [3.8, 4) is 0 Å². The van der Waals surface area contributed by atoms with E-state index in [-0.39, 0.29) is 17.9 Å². The van der Waals surface area contributed by atoms with Gasteiger partial charge in [0.2, 0.25) is 5.91 Å². The average Bonchev–Trinajstić information content (AvgIpc) is 3.48. The highest BCUT2D eigenvalue weighted by molar-refractivity contribution is 8.16. The van der Waals surface area contributed by atoms with Crippen LogP contribution in [0.4, 0.5) is 0 Å². The minimum Gasteiger partial charge on any atom is -0.368 e. The lowest BCUT2D eigenvalue weighted by atomic mass is 9.87. The number of nitrogens with one attached hydrogen (secondary N) is 1. The third-order valence-electron chi connectivity index (χ3n) is 7.82. The predicted molar refractivity (Wildman–Crippen MR) is 114 cm³/mol. The highest BCUT2D eigenvalue weighted by Gasteiger charge is 2.46. The Kier molecular flexibility index (Phi) is 5.39. The van der Waals surface area contributed by atoms with E-state index in [1.165, 1.54) is 25.7 Å². The number of aliphatic imine (C=N–C) groups is 1. The summed E-state index contributed by atoms with van der Waals surface area (Å²) in [7, 11) is 0. The van der Waals surface area contributed by atoms with Gasteiger partial charge in [-0.1, -0.05) is 18.2 Å². The zero-order chi connectivity index (χ0) is 20.0. The molecule has 5 atom stereocenters. The van der Waals surface area contributed by atoms with E-state index in [9.17, 15) is 9.59 Å². The number of ether oxygens (including phenoxy) is 1. The standard InChI is InChI=1S/C22H33N3O3S/c1-22(13-14-6-8-25(9-7-14)19(26)18-3-2-10-28-18)20(27)24-21(29-22)23-17-12-15-4-5-16(17)11-15/h14-18H,2-13H2,1H3,(H,23,24,27)/t15-,16-,17-,18+,22?/m0/s1. The second-order valence-electron chi connectivity index (χ2n) is 9.94. The van der Waals surface area contributed by atoms with E-state index in [1.54, 1.807) is 11.8 Å². The van der Waals surface area contributed by atoms with E-state index in [0.717, 1.165) is 62.2 Å². The molecule has 160 valence electrons. The molecule has 0 radical (unpaired) electrons. The van der Waals surface area contributed by atoms with Crippen molar-refractivity contribution in [1.29, 1.82) is 0 Å². The quantitative estimate of drug-likeness (QED) is 0.761. The van der Waals surface area contributed by atoms with Gasteiger partial charge in [0.1, 0.15) is 6.10 Å². The summed E-state index contributed by atoms with van der Waals surface area (Å²) in [5.74, 6) is 2.37. The van der Waals surface area contributed by atoms with Gasteiger partial charge in [0, 0.05) is 19.7 Å². The molecule has 1 N–H and O–H groups in total. The maximum absolute atomic E-state index is 12.8. The number of rotatable bonds is 4. The molecule has 2 amide bonds. The number of carbonyl (C=O) groups excluding carboxylic acids is 2. The maximum atomic E-state index is 12.8. The molecule has 29 heavy (non-hydrogen) atoms. The molecule has 3 saturated heterocycles. The van der Waals surface area contributed by atoms with Crippen LogP contribution >= 0.6 is 11.8 Å². The summed E-state index contributed by atoms with van der Waals surface area (Å²) in [5, 5.41) is 3.93. The van der Waals surface area contributed by atoms with Crippen LogP contribution in [0, 0.1) is 17.8 Å². The molecule has 6 nitrogen and oxygen atoms in total. The lowest BCUT2D eigenvalue weighted by Crippen LogP contribution is -2.45. The zero-order valence-corrected chi connectivity index (χ0v) is 18.2. The molecule has 1 unspecified atom stereocenters. The first-order valence-electron chi connectivity index (χ1n) is 11.5. The van der Waals surface area contributed by atoms with Crippen molar-refractivity contribution in [1.82, 2.24) is 10.2 Å². The number of fused-ring (bicyclic) bond motifs is 2.